The minimum atomic E-state index is -0.0942. The highest BCUT2D eigenvalue weighted by molar-refractivity contribution is 5.93. The van der Waals surface area contributed by atoms with E-state index in [4.69, 9.17) is 9.47 Å². The van der Waals surface area contributed by atoms with Crippen LogP contribution in [0.15, 0.2) is 42.5 Å². The molecule has 2 aromatic carbocycles. The summed E-state index contributed by atoms with van der Waals surface area (Å²) >= 11 is 0. The van der Waals surface area contributed by atoms with Crippen molar-refractivity contribution in [2.45, 2.75) is 20.8 Å². The smallest absolute Gasteiger partial charge is 0.243 e. The van der Waals surface area contributed by atoms with Crippen LogP contribution in [0, 0.1) is 13.8 Å². The average molecular weight is 342 g/mol. The van der Waals surface area contributed by atoms with Gasteiger partial charge < -0.3 is 20.1 Å². The van der Waals surface area contributed by atoms with Crippen molar-refractivity contribution >= 4 is 17.3 Å². The van der Waals surface area contributed by atoms with Gasteiger partial charge in [-0.3, -0.25) is 4.79 Å². The zero-order chi connectivity index (χ0) is 18.1. The first kappa shape index (κ1) is 18.8. The molecule has 0 aromatic heterocycles. The molecule has 1 amide bonds. The molecule has 0 heterocycles. The fourth-order valence-electron chi connectivity index (χ4n) is 2.24. The molecule has 5 heteroatoms. The Morgan fingerprint density at radius 3 is 2.36 bits per heavy atom. The Morgan fingerprint density at radius 2 is 1.68 bits per heavy atom. The second-order valence-corrected chi connectivity index (χ2v) is 5.77. The minimum absolute atomic E-state index is 0.0942. The highest BCUT2D eigenvalue weighted by Crippen LogP contribution is 2.16. The average Bonchev–Trinajstić information content (AvgIpc) is 2.61. The van der Waals surface area contributed by atoms with Crippen LogP contribution in [0.2, 0.25) is 0 Å². The van der Waals surface area contributed by atoms with Gasteiger partial charge in [0.2, 0.25) is 5.91 Å². The highest BCUT2D eigenvalue weighted by atomic mass is 16.5. The fourth-order valence-corrected chi connectivity index (χ4v) is 2.24. The SMILES string of the molecule is CCOCCOc1ccc(NC(=O)CNc2ccc(C)c(C)c2)cc1. The van der Waals surface area contributed by atoms with Crippen molar-refractivity contribution in [2.24, 2.45) is 0 Å². The molecule has 0 aliphatic heterocycles. The van der Waals surface area contributed by atoms with Crippen molar-refractivity contribution in [3.8, 4) is 5.75 Å². The van der Waals surface area contributed by atoms with E-state index in [1.165, 1.54) is 11.1 Å². The minimum Gasteiger partial charge on any atom is -0.491 e. The van der Waals surface area contributed by atoms with Gasteiger partial charge in [-0.25, -0.2) is 0 Å². The number of amides is 1. The Labute approximate surface area is 149 Å². The lowest BCUT2D eigenvalue weighted by molar-refractivity contribution is -0.114. The van der Waals surface area contributed by atoms with Crippen LogP contribution in [0.1, 0.15) is 18.1 Å². The zero-order valence-corrected chi connectivity index (χ0v) is 15.1. The number of benzene rings is 2. The number of aryl methyl sites for hydroxylation is 2. The van der Waals surface area contributed by atoms with E-state index < -0.39 is 0 Å². The van der Waals surface area contributed by atoms with Crippen molar-refractivity contribution in [2.75, 3.05) is 37.0 Å². The number of carbonyl (C=O) groups is 1. The third kappa shape index (κ3) is 6.47. The number of rotatable bonds is 9. The van der Waals surface area contributed by atoms with E-state index >= 15 is 0 Å². The van der Waals surface area contributed by atoms with Crippen LogP contribution in [0.4, 0.5) is 11.4 Å². The standard InChI is InChI=1S/C20H26N2O3/c1-4-24-11-12-25-19-9-7-17(8-10-19)22-20(23)14-21-18-6-5-15(2)16(3)13-18/h5-10,13,21H,4,11-12,14H2,1-3H3,(H,22,23). The third-order valence-corrected chi connectivity index (χ3v) is 3.80. The number of hydrogen-bond acceptors (Lipinski definition) is 4. The van der Waals surface area contributed by atoms with E-state index in [-0.39, 0.29) is 12.5 Å². The predicted molar refractivity (Wildman–Crippen MR) is 101 cm³/mol. The zero-order valence-electron chi connectivity index (χ0n) is 15.1. The maximum absolute atomic E-state index is 12.0. The maximum atomic E-state index is 12.0. The van der Waals surface area contributed by atoms with Crippen molar-refractivity contribution < 1.29 is 14.3 Å². The van der Waals surface area contributed by atoms with Crippen LogP contribution in [0.3, 0.4) is 0 Å². The first-order valence-electron chi connectivity index (χ1n) is 8.50. The van der Waals surface area contributed by atoms with E-state index in [1.807, 2.05) is 49.4 Å². The molecule has 0 aliphatic rings. The molecule has 2 aromatic rings. The molecule has 0 saturated heterocycles. The Hall–Kier alpha value is -2.53. The molecule has 0 atom stereocenters. The van der Waals surface area contributed by atoms with Gasteiger partial charge in [0.15, 0.2) is 0 Å². The Morgan fingerprint density at radius 1 is 0.960 bits per heavy atom. The Kier molecular flexibility index (Phi) is 7.29. The van der Waals surface area contributed by atoms with Crippen LogP contribution in [-0.2, 0) is 9.53 Å². The molecule has 0 spiro atoms. The number of carbonyl (C=O) groups excluding carboxylic acids is 1. The number of anilines is 2. The number of hydrogen-bond donors (Lipinski definition) is 2. The second kappa shape index (κ2) is 9.69. The molecule has 5 nitrogen and oxygen atoms in total. The van der Waals surface area contributed by atoms with Crippen LogP contribution >= 0.6 is 0 Å². The summed E-state index contributed by atoms with van der Waals surface area (Å²) in [6.45, 7) is 8.05. The Balaban J connectivity index is 1.77. The molecule has 2 N–H and O–H groups in total. The summed E-state index contributed by atoms with van der Waals surface area (Å²) in [6.07, 6.45) is 0. The normalized spacial score (nSPS) is 10.4. The second-order valence-electron chi connectivity index (χ2n) is 5.77. The van der Waals surface area contributed by atoms with Crippen molar-refractivity contribution in [3.05, 3.63) is 53.6 Å². The van der Waals surface area contributed by atoms with Crippen molar-refractivity contribution in [3.63, 3.8) is 0 Å². The predicted octanol–water partition coefficient (Wildman–Crippen LogP) is 3.77. The molecular weight excluding hydrogens is 316 g/mol. The van der Waals surface area contributed by atoms with Crippen LogP contribution in [0.5, 0.6) is 5.75 Å². The molecule has 25 heavy (non-hydrogen) atoms. The van der Waals surface area contributed by atoms with Gasteiger partial charge in [0.25, 0.3) is 0 Å². The molecule has 2 rings (SSSR count). The van der Waals surface area contributed by atoms with E-state index in [2.05, 4.69) is 24.5 Å². The Bertz CT molecular complexity index is 684. The van der Waals surface area contributed by atoms with Gasteiger partial charge in [0, 0.05) is 18.0 Å². The summed E-state index contributed by atoms with van der Waals surface area (Å²) in [5.74, 6) is 0.661. The fraction of sp³-hybridized carbons (Fsp3) is 0.350. The summed E-state index contributed by atoms with van der Waals surface area (Å²) in [7, 11) is 0. The molecule has 134 valence electrons. The first-order valence-corrected chi connectivity index (χ1v) is 8.50. The van der Waals surface area contributed by atoms with Crippen molar-refractivity contribution in [1.82, 2.24) is 0 Å². The lowest BCUT2D eigenvalue weighted by Gasteiger charge is -2.10. The molecule has 0 saturated carbocycles. The van der Waals surface area contributed by atoms with Gasteiger partial charge >= 0.3 is 0 Å². The molecular formula is C20H26N2O3. The highest BCUT2D eigenvalue weighted by Gasteiger charge is 2.04. The summed E-state index contributed by atoms with van der Waals surface area (Å²) in [5.41, 5.74) is 4.12. The summed E-state index contributed by atoms with van der Waals surface area (Å²) in [4.78, 5) is 12.0. The number of ether oxygens (including phenoxy) is 2. The van der Waals surface area contributed by atoms with Gasteiger partial charge in [0.1, 0.15) is 12.4 Å². The van der Waals surface area contributed by atoms with Crippen molar-refractivity contribution in [1.29, 1.82) is 0 Å². The van der Waals surface area contributed by atoms with Gasteiger partial charge in [-0.05, 0) is 68.3 Å². The van der Waals surface area contributed by atoms with Crippen LogP contribution in [0.25, 0.3) is 0 Å². The van der Waals surface area contributed by atoms with Gasteiger partial charge in [0.05, 0.1) is 13.2 Å². The monoisotopic (exact) mass is 342 g/mol. The molecule has 0 unspecified atom stereocenters. The number of nitrogens with one attached hydrogen (secondary N) is 2. The van der Waals surface area contributed by atoms with Crippen LogP contribution in [-0.4, -0.2) is 32.3 Å². The summed E-state index contributed by atoms with van der Waals surface area (Å²) < 4.78 is 10.8. The van der Waals surface area contributed by atoms with Crippen LogP contribution < -0.4 is 15.4 Å². The van der Waals surface area contributed by atoms with E-state index in [0.717, 1.165) is 17.1 Å². The van der Waals surface area contributed by atoms with E-state index in [0.29, 0.717) is 19.8 Å². The summed E-state index contributed by atoms with van der Waals surface area (Å²) in [5, 5.41) is 5.99. The molecule has 0 fully saturated rings. The lowest BCUT2D eigenvalue weighted by atomic mass is 10.1. The largest absolute Gasteiger partial charge is 0.491 e. The van der Waals surface area contributed by atoms with Gasteiger partial charge in [-0.2, -0.15) is 0 Å². The van der Waals surface area contributed by atoms with Gasteiger partial charge in [-0.1, -0.05) is 6.07 Å². The third-order valence-electron chi connectivity index (χ3n) is 3.80. The quantitative estimate of drug-likeness (QED) is 0.681. The van der Waals surface area contributed by atoms with Gasteiger partial charge in [-0.15, -0.1) is 0 Å². The first-order chi connectivity index (χ1) is 12.1. The lowest BCUT2D eigenvalue weighted by Crippen LogP contribution is -2.21. The molecule has 0 aliphatic carbocycles. The topological polar surface area (TPSA) is 59.6 Å². The molecule has 0 radical (unpaired) electrons. The molecule has 0 bridgehead atoms. The van der Waals surface area contributed by atoms with E-state index in [1.54, 1.807) is 0 Å². The maximum Gasteiger partial charge on any atom is 0.243 e. The summed E-state index contributed by atoms with van der Waals surface area (Å²) in [6, 6.07) is 13.4. The van der Waals surface area contributed by atoms with E-state index in [9.17, 15) is 4.79 Å².